The summed E-state index contributed by atoms with van der Waals surface area (Å²) in [6, 6.07) is 12.1. The van der Waals surface area contributed by atoms with Gasteiger partial charge in [0.15, 0.2) is 0 Å². The molecule has 2 aromatic carbocycles. The van der Waals surface area contributed by atoms with Crippen molar-refractivity contribution in [3.05, 3.63) is 64.3 Å². The second-order valence-corrected chi connectivity index (χ2v) is 8.96. The fraction of sp³-hybridized carbons (Fsp3) is 0.333. The lowest BCUT2D eigenvalue weighted by Crippen LogP contribution is -2.42. The highest BCUT2D eigenvalue weighted by atomic mass is 32.1. The van der Waals surface area contributed by atoms with Gasteiger partial charge < -0.3 is 15.0 Å². The van der Waals surface area contributed by atoms with Crippen molar-refractivity contribution in [1.82, 2.24) is 4.90 Å². The number of hydrogen-bond acceptors (Lipinski definition) is 4. The first-order valence-electron chi connectivity index (χ1n) is 10.4. The van der Waals surface area contributed by atoms with Crippen LogP contribution in [0.4, 0.5) is 10.1 Å². The fourth-order valence-electron chi connectivity index (χ4n) is 3.79. The highest BCUT2D eigenvalue weighted by molar-refractivity contribution is 7.20. The van der Waals surface area contributed by atoms with Gasteiger partial charge in [0.1, 0.15) is 12.4 Å². The van der Waals surface area contributed by atoms with Crippen molar-refractivity contribution in [2.45, 2.75) is 32.8 Å². The standard InChI is InChI=1S/C24H25FN2O3S/c1-15-6-3-9-20(16(15)2)26-23(28)14-27(13-17-7-5-11-30-17)24(29)22-12-18-19(25)8-4-10-21(18)31-22/h3-4,6,8-10,12,17H,5,7,11,13-14H2,1-2H3,(H,26,28)/t17-/m1/s1. The van der Waals surface area contributed by atoms with Gasteiger partial charge in [0.05, 0.1) is 11.0 Å². The molecule has 7 heteroatoms. The van der Waals surface area contributed by atoms with E-state index >= 15 is 0 Å². The third-order valence-electron chi connectivity index (χ3n) is 5.67. The van der Waals surface area contributed by atoms with Gasteiger partial charge in [-0.05, 0) is 62.1 Å². The van der Waals surface area contributed by atoms with E-state index in [9.17, 15) is 14.0 Å². The Balaban J connectivity index is 1.55. The van der Waals surface area contributed by atoms with E-state index in [0.717, 1.165) is 29.7 Å². The summed E-state index contributed by atoms with van der Waals surface area (Å²) in [4.78, 5) is 28.0. The summed E-state index contributed by atoms with van der Waals surface area (Å²) in [6.45, 7) is 4.83. The number of anilines is 1. The molecular weight excluding hydrogens is 415 g/mol. The second kappa shape index (κ2) is 9.16. The van der Waals surface area contributed by atoms with Crippen LogP contribution in [0.2, 0.25) is 0 Å². The lowest BCUT2D eigenvalue weighted by atomic mass is 10.1. The van der Waals surface area contributed by atoms with E-state index in [1.807, 2.05) is 32.0 Å². The van der Waals surface area contributed by atoms with Crippen LogP contribution in [0.5, 0.6) is 0 Å². The number of benzene rings is 2. The average molecular weight is 441 g/mol. The van der Waals surface area contributed by atoms with Crippen LogP contribution >= 0.6 is 11.3 Å². The maximum Gasteiger partial charge on any atom is 0.264 e. The molecule has 1 saturated heterocycles. The van der Waals surface area contributed by atoms with Crippen LogP contribution in [0.1, 0.15) is 33.6 Å². The number of thiophene rings is 1. The predicted molar refractivity (Wildman–Crippen MR) is 121 cm³/mol. The van der Waals surface area contributed by atoms with Crippen molar-refractivity contribution >= 4 is 38.9 Å². The minimum atomic E-state index is -0.355. The molecule has 5 nitrogen and oxygen atoms in total. The average Bonchev–Trinajstić information content (AvgIpc) is 3.41. The van der Waals surface area contributed by atoms with Gasteiger partial charge in [-0.15, -0.1) is 11.3 Å². The van der Waals surface area contributed by atoms with Gasteiger partial charge >= 0.3 is 0 Å². The Morgan fingerprint density at radius 2 is 2.03 bits per heavy atom. The van der Waals surface area contributed by atoms with Gasteiger partial charge in [-0.1, -0.05) is 18.2 Å². The van der Waals surface area contributed by atoms with Gasteiger partial charge in [0, 0.05) is 28.9 Å². The number of rotatable bonds is 6. The summed E-state index contributed by atoms with van der Waals surface area (Å²) in [6.07, 6.45) is 1.70. The molecule has 1 aliphatic heterocycles. The number of nitrogens with zero attached hydrogens (tertiary/aromatic N) is 1. The van der Waals surface area contributed by atoms with Gasteiger partial charge in [-0.2, -0.15) is 0 Å². The quantitative estimate of drug-likeness (QED) is 0.592. The van der Waals surface area contributed by atoms with E-state index in [4.69, 9.17) is 4.74 Å². The molecule has 1 aromatic heterocycles. The van der Waals surface area contributed by atoms with E-state index in [0.29, 0.717) is 28.1 Å². The normalized spacial score (nSPS) is 15.9. The summed E-state index contributed by atoms with van der Waals surface area (Å²) in [5.74, 6) is -0.911. The summed E-state index contributed by atoms with van der Waals surface area (Å²) >= 11 is 1.24. The number of nitrogens with one attached hydrogen (secondary N) is 1. The third-order valence-corrected chi connectivity index (χ3v) is 6.76. The molecule has 2 amide bonds. The molecule has 1 fully saturated rings. The monoisotopic (exact) mass is 440 g/mol. The van der Waals surface area contributed by atoms with E-state index in [1.165, 1.54) is 22.3 Å². The van der Waals surface area contributed by atoms with E-state index in [2.05, 4.69) is 5.32 Å². The molecule has 0 saturated carbocycles. The smallest absolute Gasteiger partial charge is 0.264 e. The number of ether oxygens (including phenoxy) is 1. The van der Waals surface area contributed by atoms with E-state index in [1.54, 1.807) is 18.2 Å². The Bertz CT molecular complexity index is 1120. The Hall–Kier alpha value is -2.77. The van der Waals surface area contributed by atoms with Crippen LogP contribution in [-0.4, -0.2) is 42.5 Å². The number of carbonyl (C=O) groups excluding carboxylic acids is 2. The van der Waals surface area contributed by atoms with Crippen LogP contribution in [-0.2, 0) is 9.53 Å². The number of amides is 2. The van der Waals surface area contributed by atoms with Gasteiger partial charge in [0.2, 0.25) is 5.91 Å². The molecule has 31 heavy (non-hydrogen) atoms. The van der Waals surface area contributed by atoms with Crippen molar-refractivity contribution in [2.24, 2.45) is 0 Å². The zero-order valence-electron chi connectivity index (χ0n) is 17.6. The number of aryl methyl sites for hydroxylation is 1. The molecule has 3 aromatic rings. The summed E-state index contributed by atoms with van der Waals surface area (Å²) in [5, 5.41) is 3.34. The first-order chi connectivity index (χ1) is 14.9. The van der Waals surface area contributed by atoms with Gasteiger partial charge in [0.25, 0.3) is 5.91 Å². The Morgan fingerprint density at radius 3 is 2.77 bits per heavy atom. The summed E-state index contributed by atoms with van der Waals surface area (Å²) in [7, 11) is 0. The van der Waals surface area contributed by atoms with Crippen molar-refractivity contribution in [3.63, 3.8) is 0 Å². The van der Waals surface area contributed by atoms with Crippen LogP contribution in [0, 0.1) is 19.7 Å². The number of fused-ring (bicyclic) bond motifs is 1. The Labute approximate surface area is 184 Å². The lowest BCUT2D eigenvalue weighted by molar-refractivity contribution is -0.117. The van der Waals surface area contributed by atoms with Crippen LogP contribution < -0.4 is 5.32 Å². The number of halogens is 1. The largest absolute Gasteiger partial charge is 0.376 e. The Kier molecular flexibility index (Phi) is 6.34. The SMILES string of the molecule is Cc1cccc(NC(=O)CN(C[C@H]2CCCO2)C(=O)c2cc3c(F)cccc3s2)c1C. The van der Waals surface area contributed by atoms with E-state index < -0.39 is 0 Å². The van der Waals surface area contributed by atoms with E-state index in [-0.39, 0.29) is 30.3 Å². The first kappa shape index (κ1) is 21.5. The molecule has 1 atom stereocenters. The van der Waals surface area contributed by atoms with Gasteiger partial charge in [-0.25, -0.2) is 4.39 Å². The number of carbonyl (C=O) groups is 2. The maximum absolute atomic E-state index is 14.1. The molecule has 4 rings (SSSR count). The molecule has 0 radical (unpaired) electrons. The highest BCUT2D eigenvalue weighted by Gasteiger charge is 2.26. The molecular formula is C24H25FN2O3S. The Morgan fingerprint density at radius 1 is 1.23 bits per heavy atom. The molecule has 162 valence electrons. The molecule has 0 bridgehead atoms. The lowest BCUT2D eigenvalue weighted by Gasteiger charge is -2.24. The van der Waals surface area contributed by atoms with Crippen molar-refractivity contribution < 1.29 is 18.7 Å². The van der Waals surface area contributed by atoms with Crippen LogP contribution in [0.3, 0.4) is 0 Å². The number of hydrogen-bond donors (Lipinski definition) is 1. The van der Waals surface area contributed by atoms with Crippen molar-refractivity contribution in [3.8, 4) is 0 Å². The fourth-order valence-corrected chi connectivity index (χ4v) is 4.83. The zero-order valence-corrected chi connectivity index (χ0v) is 18.4. The maximum atomic E-state index is 14.1. The highest BCUT2D eigenvalue weighted by Crippen LogP contribution is 2.29. The van der Waals surface area contributed by atoms with Gasteiger partial charge in [-0.3, -0.25) is 9.59 Å². The molecule has 0 spiro atoms. The molecule has 2 heterocycles. The van der Waals surface area contributed by atoms with Crippen molar-refractivity contribution in [1.29, 1.82) is 0 Å². The third kappa shape index (κ3) is 4.78. The predicted octanol–water partition coefficient (Wildman–Crippen LogP) is 4.92. The zero-order chi connectivity index (χ0) is 22.0. The summed E-state index contributed by atoms with van der Waals surface area (Å²) in [5.41, 5.74) is 2.81. The topological polar surface area (TPSA) is 58.6 Å². The van der Waals surface area contributed by atoms with Crippen LogP contribution in [0.15, 0.2) is 42.5 Å². The van der Waals surface area contributed by atoms with Crippen LogP contribution in [0.25, 0.3) is 10.1 Å². The molecule has 0 unspecified atom stereocenters. The second-order valence-electron chi connectivity index (χ2n) is 7.88. The minimum Gasteiger partial charge on any atom is -0.376 e. The summed E-state index contributed by atoms with van der Waals surface area (Å²) < 4.78 is 20.5. The molecule has 1 aliphatic rings. The minimum absolute atomic E-state index is 0.0939. The first-order valence-corrected chi connectivity index (χ1v) is 11.2. The van der Waals surface area contributed by atoms with Crippen molar-refractivity contribution in [2.75, 3.05) is 25.0 Å². The molecule has 0 aliphatic carbocycles. The molecule has 1 N–H and O–H groups in total.